The van der Waals surface area contributed by atoms with Crippen LogP contribution in [-0.2, 0) is 4.74 Å². The number of likely N-dealkylation sites (tertiary alicyclic amines) is 1. The van der Waals surface area contributed by atoms with Crippen LogP contribution >= 0.6 is 0 Å². The third-order valence-electron chi connectivity index (χ3n) is 3.22. The fourth-order valence-electron chi connectivity index (χ4n) is 2.12. The van der Waals surface area contributed by atoms with E-state index in [-0.39, 0.29) is 12.0 Å². The van der Waals surface area contributed by atoms with Gasteiger partial charge in [0.2, 0.25) is 0 Å². The zero-order valence-electron chi connectivity index (χ0n) is 10.4. The Balaban J connectivity index is 2.03. The number of aromatic nitrogens is 1. The molecule has 1 aliphatic heterocycles. The second kappa shape index (κ2) is 5.79. The highest BCUT2D eigenvalue weighted by atomic mass is 16.5. The molecule has 1 aliphatic rings. The van der Waals surface area contributed by atoms with Crippen LogP contribution in [0.1, 0.15) is 23.2 Å². The van der Waals surface area contributed by atoms with Crippen molar-refractivity contribution < 1.29 is 9.53 Å². The maximum Gasteiger partial charge on any atom is 0.254 e. The average Bonchev–Trinajstić information content (AvgIpc) is 2.46. The minimum atomic E-state index is 0.0171. The molecule has 98 valence electrons. The van der Waals surface area contributed by atoms with Gasteiger partial charge in [-0.1, -0.05) is 0 Å². The minimum Gasteiger partial charge on any atom is -0.381 e. The van der Waals surface area contributed by atoms with Crippen molar-refractivity contribution in [2.45, 2.75) is 18.9 Å². The van der Waals surface area contributed by atoms with E-state index in [0.717, 1.165) is 25.9 Å². The number of nitrogens with one attached hydrogen (secondary N) is 1. The van der Waals surface area contributed by atoms with E-state index in [1.54, 1.807) is 25.4 Å². The van der Waals surface area contributed by atoms with E-state index in [9.17, 15) is 4.79 Å². The van der Waals surface area contributed by atoms with Crippen molar-refractivity contribution in [1.29, 1.82) is 0 Å². The summed E-state index contributed by atoms with van der Waals surface area (Å²) in [6.07, 6.45) is 3.61. The summed E-state index contributed by atoms with van der Waals surface area (Å²) in [6, 6.07) is 3.36. The van der Waals surface area contributed by atoms with Crippen molar-refractivity contribution in [3.8, 4) is 0 Å². The molecule has 18 heavy (non-hydrogen) atoms. The Morgan fingerprint density at radius 2 is 2.28 bits per heavy atom. The summed E-state index contributed by atoms with van der Waals surface area (Å²) in [5.74, 6) is 5.79. The van der Waals surface area contributed by atoms with Gasteiger partial charge in [0.15, 0.2) is 0 Å². The first-order valence-electron chi connectivity index (χ1n) is 5.99. The van der Waals surface area contributed by atoms with E-state index in [2.05, 4.69) is 10.4 Å². The van der Waals surface area contributed by atoms with Gasteiger partial charge < -0.3 is 15.1 Å². The number of hydrazine groups is 1. The number of carbonyl (C=O) groups excluding carboxylic acids is 1. The molecule has 3 N–H and O–H groups in total. The fraction of sp³-hybridized carbons (Fsp3) is 0.500. The van der Waals surface area contributed by atoms with E-state index < -0.39 is 0 Å². The summed E-state index contributed by atoms with van der Waals surface area (Å²) in [6.45, 7) is 1.45. The van der Waals surface area contributed by atoms with Crippen LogP contribution < -0.4 is 11.3 Å². The molecule has 1 aromatic heterocycles. The molecule has 0 unspecified atom stereocenters. The van der Waals surface area contributed by atoms with Crippen molar-refractivity contribution in [2.24, 2.45) is 5.84 Å². The molecule has 6 heteroatoms. The van der Waals surface area contributed by atoms with Crippen molar-refractivity contribution in [1.82, 2.24) is 9.88 Å². The number of methoxy groups -OCH3 is 1. The summed E-state index contributed by atoms with van der Waals surface area (Å²) in [5, 5.41) is 0. The molecule has 1 saturated heterocycles. The van der Waals surface area contributed by atoms with Gasteiger partial charge in [-0.05, 0) is 25.0 Å². The Hall–Kier alpha value is -1.66. The Morgan fingerprint density at radius 1 is 1.56 bits per heavy atom. The largest absolute Gasteiger partial charge is 0.381 e. The summed E-state index contributed by atoms with van der Waals surface area (Å²) in [4.78, 5) is 18.1. The molecule has 1 aromatic rings. The lowest BCUT2D eigenvalue weighted by atomic mass is 10.1. The lowest BCUT2D eigenvalue weighted by molar-refractivity contribution is 0.0351. The van der Waals surface area contributed by atoms with Crippen LogP contribution in [0.15, 0.2) is 18.3 Å². The molecule has 0 spiro atoms. The second-order valence-corrected chi connectivity index (χ2v) is 4.30. The van der Waals surface area contributed by atoms with E-state index in [1.807, 2.05) is 4.90 Å². The molecule has 0 atom stereocenters. The van der Waals surface area contributed by atoms with E-state index >= 15 is 0 Å². The molecule has 1 fully saturated rings. The zero-order chi connectivity index (χ0) is 13.0. The summed E-state index contributed by atoms with van der Waals surface area (Å²) in [7, 11) is 1.71. The lowest BCUT2D eigenvalue weighted by Crippen LogP contribution is -2.40. The topological polar surface area (TPSA) is 80.5 Å². The third-order valence-corrected chi connectivity index (χ3v) is 3.22. The molecule has 6 nitrogen and oxygen atoms in total. The first-order valence-corrected chi connectivity index (χ1v) is 5.99. The summed E-state index contributed by atoms with van der Waals surface area (Å²) in [5.41, 5.74) is 3.04. The number of nitrogens with two attached hydrogens (primary N) is 1. The van der Waals surface area contributed by atoms with Gasteiger partial charge in [0.25, 0.3) is 5.91 Å². The molecule has 0 aromatic carbocycles. The van der Waals surface area contributed by atoms with E-state index in [4.69, 9.17) is 10.6 Å². The number of carbonyl (C=O) groups is 1. The van der Waals surface area contributed by atoms with Gasteiger partial charge in [0.1, 0.15) is 5.82 Å². The predicted octanol–water partition coefficient (Wildman–Crippen LogP) is 0.618. The Labute approximate surface area is 106 Å². The fourth-order valence-corrected chi connectivity index (χ4v) is 2.12. The van der Waals surface area contributed by atoms with Crippen LogP contribution in [-0.4, -0.2) is 42.1 Å². The standard InChI is InChI=1S/C12H18N4O2/c1-18-10-3-6-16(7-4-10)12(17)9-2-5-14-11(8-9)15-13/h2,5,8,10H,3-4,6-7,13H2,1H3,(H,14,15). The molecule has 2 rings (SSSR count). The normalized spacial score (nSPS) is 16.7. The quantitative estimate of drug-likeness (QED) is 0.607. The number of nitrogens with zero attached hydrogens (tertiary/aromatic N) is 2. The first-order chi connectivity index (χ1) is 8.74. The number of amides is 1. The molecule has 0 aliphatic carbocycles. The van der Waals surface area contributed by atoms with Gasteiger partial charge >= 0.3 is 0 Å². The van der Waals surface area contributed by atoms with Gasteiger partial charge in [-0.15, -0.1) is 0 Å². The highest BCUT2D eigenvalue weighted by Gasteiger charge is 2.23. The molecular weight excluding hydrogens is 232 g/mol. The monoisotopic (exact) mass is 250 g/mol. The van der Waals surface area contributed by atoms with Gasteiger partial charge in [-0.3, -0.25) is 4.79 Å². The number of ether oxygens (including phenoxy) is 1. The van der Waals surface area contributed by atoms with Crippen LogP contribution in [0, 0.1) is 0 Å². The zero-order valence-corrected chi connectivity index (χ0v) is 10.4. The molecular formula is C12H18N4O2. The molecule has 0 radical (unpaired) electrons. The maximum atomic E-state index is 12.3. The van der Waals surface area contributed by atoms with Crippen LogP contribution in [0.2, 0.25) is 0 Å². The second-order valence-electron chi connectivity index (χ2n) is 4.30. The van der Waals surface area contributed by atoms with Crippen LogP contribution in [0.4, 0.5) is 5.82 Å². The predicted molar refractivity (Wildman–Crippen MR) is 68.0 cm³/mol. The first kappa shape index (κ1) is 12.8. The van der Waals surface area contributed by atoms with Gasteiger partial charge in [0, 0.05) is 32.0 Å². The van der Waals surface area contributed by atoms with Crippen molar-refractivity contribution in [3.63, 3.8) is 0 Å². The number of anilines is 1. The number of piperidine rings is 1. The lowest BCUT2D eigenvalue weighted by Gasteiger charge is -2.31. The Bertz CT molecular complexity index is 416. The van der Waals surface area contributed by atoms with Crippen molar-refractivity contribution >= 4 is 11.7 Å². The molecule has 2 heterocycles. The summed E-state index contributed by atoms with van der Waals surface area (Å²) >= 11 is 0. The van der Waals surface area contributed by atoms with Gasteiger partial charge in [-0.2, -0.15) is 0 Å². The number of hydrogen-bond acceptors (Lipinski definition) is 5. The smallest absolute Gasteiger partial charge is 0.254 e. The van der Waals surface area contributed by atoms with Crippen LogP contribution in [0.3, 0.4) is 0 Å². The molecule has 0 saturated carbocycles. The number of nitrogen functional groups attached to an aromatic ring is 1. The minimum absolute atomic E-state index is 0.0171. The Morgan fingerprint density at radius 3 is 2.89 bits per heavy atom. The van der Waals surface area contributed by atoms with E-state index in [0.29, 0.717) is 11.4 Å². The van der Waals surface area contributed by atoms with Gasteiger partial charge in [0.05, 0.1) is 6.10 Å². The van der Waals surface area contributed by atoms with E-state index in [1.165, 1.54) is 0 Å². The number of hydrogen-bond donors (Lipinski definition) is 2. The van der Waals surface area contributed by atoms with Crippen molar-refractivity contribution in [2.75, 3.05) is 25.6 Å². The average molecular weight is 250 g/mol. The van der Waals surface area contributed by atoms with Crippen LogP contribution in [0.5, 0.6) is 0 Å². The maximum absolute atomic E-state index is 12.3. The summed E-state index contributed by atoms with van der Waals surface area (Å²) < 4.78 is 5.29. The van der Waals surface area contributed by atoms with Crippen molar-refractivity contribution in [3.05, 3.63) is 23.9 Å². The van der Waals surface area contributed by atoms with Crippen LogP contribution in [0.25, 0.3) is 0 Å². The number of rotatable bonds is 3. The third kappa shape index (κ3) is 2.77. The molecule has 1 amide bonds. The Kier molecular flexibility index (Phi) is 4.11. The van der Waals surface area contributed by atoms with Gasteiger partial charge in [-0.25, -0.2) is 10.8 Å². The highest BCUT2D eigenvalue weighted by Crippen LogP contribution is 2.16. The number of pyridine rings is 1. The SMILES string of the molecule is COC1CCN(C(=O)c2ccnc(NN)c2)CC1. The molecule has 0 bridgehead atoms. The highest BCUT2D eigenvalue weighted by molar-refractivity contribution is 5.94.